The van der Waals surface area contributed by atoms with Crippen molar-refractivity contribution in [3.05, 3.63) is 48.1 Å². The minimum atomic E-state index is -1.30. The molecule has 1 aromatic carbocycles. The lowest BCUT2D eigenvalue weighted by atomic mass is 10.1. The van der Waals surface area contributed by atoms with E-state index in [0.29, 0.717) is 0 Å². The van der Waals surface area contributed by atoms with Gasteiger partial charge in [-0.1, -0.05) is 6.07 Å². The van der Waals surface area contributed by atoms with Crippen LogP contribution in [-0.4, -0.2) is 59.8 Å². The lowest BCUT2D eigenvalue weighted by Crippen LogP contribution is -2.33. The van der Waals surface area contributed by atoms with Crippen LogP contribution in [0.2, 0.25) is 0 Å². The highest BCUT2D eigenvalue weighted by atomic mass is 19.1. The average molecular weight is 393 g/mol. The van der Waals surface area contributed by atoms with Gasteiger partial charge in [0.1, 0.15) is 36.3 Å². The van der Waals surface area contributed by atoms with Crippen LogP contribution in [0.5, 0.6) is 0 Å². The van der Waals surface area contributed by atoms with Crippen molar-refractivity contribution < 1.29 is 28.8 Å². The quantitative estimate of drug-likeness (QED) is 0.489. The van der Waals surface area contributed by atoms with Gasteiger partial charge in [0.25, 0.3) is 0 Å². The predicted octanol–water partition coefficient (Wildman–Crippen LogP) is 0.328. The van der Waals surface area contributed by atoms with Crippen LogP contribution in [0, 0.1) is 11.6 Å². The van der Waals surface area contributed by atoms with Crippen molar-refractivity contribution in [3.8, 4) is 0 Å². The normalized spacial score (nSPS) is 24.8. The monoisotopic (exact) mass is 393 g/mol. The highest BCUT2D eigenvalue weighted by Gasteiger charge is 2.44. The zero-order chi connectivity index (χ0) is 19.8. The first-order valence-electron chi connectivity index (χ1n) is 8.48. The Labute approximate surface area is 157 Å². The van der Waals surface area contributed by atoms with Crippen LogP contribution >= 0.6 is 0 Å². The van der Waals surface area contributed by atoms with Gasteiger partial charge in [0, 0.05) is 12.1 Å². The number of hydrogen-bond acceptors (Lipinski definition) is 8. The largest absolute Gasteiger partial charge is 0.394 e. The summed E-state index contributed by atoms with van der Waals surface area (Å²) in [5, 5.41) is 32.2. The van der Waals surface area contributed by atoms with E-state index in [4.69, 9.17) is 4.74 Å². The number of anilines is 1. The molecular formula is C17H17F2N5O4. The standard InChI is InChI=1S/C17H17F2N5O4/c18-9-2-1-3-10(19)8(9)4-20-15-12-16(22-6-21-15)24(7-23-12)17-14(27)13(26)11(5-25)28-17/h1-3,6-7,11,13-14,17,25-27H,4-5H2,(H,20,21,22)/t11-,13-,14-,17?/m1/s1. The second-order valence-corrected chi connectivity index (χ2v) is 6.33. The van der Waals surface area contributed by atoms with Gasteiger partial charge >= 0.3 is 0 Å². The number of aliphatic hydroxyl groups excluding tert-OH is 3. The van der Waals surface area contributed by atoms with Gasteiger partial charge in [0.2, 0.25) is 0 Å². The first-order chi connectivity index (χ1) is 13.5. The second kappa shape index (κ2) is 7.36. The highest BCUT2D eigenvalue weighted by Crippen LogP contribution is 2.32. The van der Waals surface area contributed by atoms with Gasteiger partial charge in [-0.3, -0.25) is 4.57 Å². The number of halogens is 2. The maximum Gasteiger partial charge on any atom is 0.167 e. The smallest absolute Gasteiger partial charge is 0.167 e. The van der Waals surface area contributed by atoms with Crippen LogP contribution < -0.4 is 5.32 Å². The van der Waals surface area contributed by atoms with Gasteiger partial charge in [-0.2, -0.15) is 0 Å². The van der Waals surface area contributed by atoms with Gasteiger partial charge in [-0.05, 0) is 12.1 Å². The second-order valence-electron chi connectivity index (χ2n) is 6.33. The summed E-state index contributed by atoms with van der Waals surface area (Å²) in [6.07, 6.45) is -1.95. The fourth-order valence-corrected chi connectivity index (χ4v) is 3.15. The summed E-state index contributed by atoms with van der Waals surface area (Å²) < 4.78 is 34.5. The molecule has 11 heteroatoms. The van der Waals surface area contributed by atoms with Gasteiger partial charge in [-0.15, -0.1) is 0 Å². The fraction of sp³-hybridized carbons (Fsp3) is 0.353. The molecule has 0 bridgehead atoms. The molecule has 4 N–H and O–H groups in total. The molecule has 2 aromatic heterocycles. The van der Waals surface area contributed by atoms with Crippen molar-refractivity contribution in [2.24, 2.45) is 0 Å². The number of rotatable bonds is 5. The Kier molecular flexibility index (Phi) is 4.89. The zero-order valence-electron chi connectivity index (χ0n) is 14.4. The Morgan fingerprint density at radius 1 is 1.11 bits per heavy atom. The predicted molar refractivity (Wildman–Crippen MR) is 92.0 cm³/mol. The maximum absolute atomic E-state index is 13.8. The van der Waals surface area contributed by atoms with E-state index in [0.717, 1.165) is 12.1 Å². The molecule has 0 aliphatic carbocycles. The SMILES string of the molecule is OC[C@H]1OC(n2cnc3c(NCc4c(F)cccc4F)ncnc32)[C@H](O)[C@@H]1O. The van der Waals surface area contributed by atoms with Crippen molar-refractivity contribution in [3.63, 3.8) is 0 Å². The summed E-state index contributed by atoms with van der Waals surface area (Å²) in [4.78, 5) is 12.3. The lowest BCUT2D eigenvalue weighted by molar-refractivity contribution is -0.0511. The third-order valence-corrected chi connectivity index (χ3v) is 4.64. The number of ether oxygens (including phenoxy) is 1. The van der Waals surface area contributed by atoms with E-state index in [1.165, 1.54) is 23.3 Å². The molecule has 9 nitrogen and oxygen atoms in total. The zero-order valence-corrected chi connectivity index (χ0v) is 14.4. The Balaban J connectivity index is 1.62. The van der Waals surface area contributed by atoms with Crippen molar-refractivity contribution in [2.45, 2.75) is 31.1 Å². The Morgan fingerprint density at radius 3 is 2.54 bits per heavy atom. The summed E-state index contributed by atoms with van der Waals surface area (Å²) in [6, 6.07) is 3.60. The number of hydrogen-bond donors (Lipinski definition) is 4. The van der Waals surface area contributed by atoms with Crippen molar-refractivity contribution in [2.75, 3.05) is 11.9 Å². The van der Waals surface area contributed by atoms with Gasteiger partial charge < -0.3 is 25.4 Å². The Bertz CT molecular complexity index is 981. The highest BCUT2D eigenvalue weighted by molar-refractivity contribution is 5.82. The first kappa shape index (κ1) is 18.6. The summed E-state index contributed by atoms with van der Waals surface area (Å²) in [5.41, 5.74) is 0.426. The van der Waals surface area contributed by atoms with Gasteiger partial charge in [-0.25, -0.2) is 23.7 Å². The van der Waals surface area contributed by atoms with E-state index < -0.39 is 42.8 Å². The van der Waals surface area contributed by atoms with Crippen LogP contribution in [0.1, 0.15) is 11.8 Å². The molecule has 4 atom stereocenters. The Hall–Kier alpha value is -2.73. The lowest BCUT2D eigenvalue weighted by Gasteiger charge is -2.16. The van der Waals surface area contributed by atoms with Gasteiger partial charge in [0.05, 0.1) is 12.9 Å². The first-order valence-corrected chi connectivity index (χ1v) is 8.48. The van der Waals surface area contributed by atoms with Crippen molar-refractivity contribution in [1.82, 2.24) is 19.5 Å². The Morgan fingerprint density at radius 2 is 1.86 bits per heavy atom. The number of imidazole rings is 1. The summed E-state index contributed by atoms with van der Waals surface area (Å²) >= 11 is 0. The van der Waals surface area contributed by atoms with Crippen LogP contribution in [0.25, 0.3) is 11.2 Å². The molecule has 0 radical (unpaired) electrons. The van der Waals surface area contributed by atoms with E-state index in [1.807, 2.05) is 0 Å². The number of nitrogens with one attached hydrogen (secondary N) is 1. The summed E-state index contributed by atoms with van der Waals surface area (Å²) in [5.74, 6) is -1.14. The molecule has 3 aromatic rings. The van der Waals surface area contributed by atoms with Crippen LogP contribution in [-0.2, 0) is 11.3 Å². The van der Waals surface area contributed by atoms with Crippen LogP contribution in [0.4, 0.5) is 14.6 Å². The number of benzene rings is 1. The number of fused-ring (bicyclic) bond motifs is 1. The molecular weight excluding hydrogens is 376 g/mol. The molecule has 4 rings (SSSR count). The molecule has 1 saturated heterocycles. The van der Waals surface area contributed by atoms with Gasteiger partial charge in [0.15, 0.2) is 23.2 Å². The fourth-order valence-electron chi connectivity index (χ4n) is 3.15. The summed E-state index contributed by atoms with van der Waals surface area (Å²) in [6.45, 7) is -0.622. The average Bonchev–Trinajstić information content (AvgIpc) is 3.23. The molecule has 0 spiro atoms. The molecule has 148 valence electrons. The van der Waals surface area contributed by atoms with E-state index in [1.54, 1.807) is 0 Å². The molecule has 0 amide bonds. The molecule has 0 saturated carbocycles. The molecule has 1 fully saturated rings. The molecule has 28 heavy (non-hydrogen) atoms. The topological polar surface area (TPSA) is 126 Å². The molecule has 1 unspecified atom stereocenters. The van der Waals surface area contributed by atoms with Crippen LogP contribution in [0.15, 0.2) is 30.9 Å². The molecule has 3 heterocycles. The van der Waals surface area contributed by atoms with Crippen LogP contribution in [0.3, 0.4) is 0 Å². The maximum atomic E-state index is 13.8. The van der Waals surface area contributed by atoms with Crippen molar-refractivity contribution in [1.29, 1.82) is 0 Å². The van der Waals surface area contributed by atoms with Crippen molar-refractivity contribution >= 4 is 17.0 Å². The minimum absolute atomic E-state index is 0.142. The molecule has 1 aliphatic rings. The van der Waals surface area contributed by atoms with E-state index >= 15 is 0 Å². The number of aliphatic hydroxyl groups is 3. The summed E-state index contributed by atoms with van der Waals surface area (Å²) in [7, 11) is 0. The number of aromatic nitrogens is 4. The molecule has 1 aliphatic heterocycles. The van der Waals surface area contributed by atoms with E-state index in [9.17, 15) is 24.1 Å². The van der Waals surface area contributed by atoms with E-state index in [2.05, 4.69) is 20.3 Å². The number of nitrogens with zero attached hydrogens (tertiary/aromatic N) is 4. The third-order valence-electron chi connectivity index (χ3n) is 4.64. The van der Waals surface area contributed by atoms with E-state index in [-0.39, 0.29) is 29.1 Å². The minimum Gasteiger partial charge on any atom is -0.394 e. The third kappa shape index (κ3) is 3.07.